The Balaban J connectivity index is 1.11. The van der Waals surface area contributed by atoms with Crippen molar-refractivity contribution in [1.82, 2.24) is 14.8 Å². The number of carbonyl (C=O) groups excluding carboxylic acids is 1. The second-order valence-electron chi connectivity index (χ2n) is 9.91. The van der Waals surface area contributed by atoms with Gasteiger partial charge >= 0.3 is 0 Å². The first kappa shape index (κ1) is 25.0. The van der Waals surface area contributed by atoms with Crippen LogP contribution in [0.15, 0.2) is 60.8 Å². The highest BCUT2D eigenvalue weighted by atomic mass is 32.1. The number of likely N-dealkylation sites (tertiary alicyclic amines) is 2. The van der Waals surface area contributed by atoms with Crippen LogP contribution in [-0.2, 0) is 17.6 Å². The number of nitrogens with one attached hydrogen (secondary N) is 1. The minimum absolute atomic E-state index is 0.117. The lowest BCUT2D eigenvalue weighted by atomic mass is 9.82. The van der Waals surface area contributed by atoms with Gasteiger partial charge in [-0.25, -0.2) is 9.37 Å². The minimum Gasteiger partial charge on any atom is -0.390 e. The zero-order valence-corrected chi connectivity index (χ0v) is 21.2. The van der Waals surface area contributed by atoms with E-state index in [1.165, 1.54) is 29.0 Å². The number of aliphatic hydroxyl groups is 1. The Labute approximate surface area is 215 Å². The van der Waals surface area contributed by atoms with Crippen LogP contribution in [0, 0.1) is 5.82 Å². The number of amides is 1. The van der Waals surface area contributed by atoms with Gasteiger partial charge in [0.15, 0.2) is 5.13 Å². The number of nitrogens with zero attached hydrogens (tertiary/aromatic N) is 3. The lowest BCUT2D eigenvalue weighted by Gasteiger charge is -2.48. The molecule has 2 fully saturated rings. The van der Waals surface area contributed by atoms with Crippen LogP contribution in [0.2, 0.25) is 0 Å². The fourth-order valence-electron chi connectivity index (χ4n) is 5.64. The van der Waals surface area contributed by atoms with Crippen LogP contribution in [0.4, 0.5) is 9.52 Å². The molecule has 2 aromatic carbocycles. The first-order chi connectivity index (χ1) is 17.5. The lowest BCUT2D eigenvalue weighted by Crippen LogP contribution is -2.62. The molecule has 2 atom stereocenters. The van der Waals surface area contributed by atoms with Crippen molar-refractivity contribution in [3.8, 4) is 0 Å². The Kier molecular flexibility index (Phi) is 7.76. The van der Waals surface area contributed by atoms with E-state index in [4.69, 9.17) is 0 Å². The number of benzene rings is 2. The average molecular weight is 509 g/mol. The van der Waals surface area contributed by atoms with E-state index in [9.17, 15) is 14.3 Å². The number of piperidine rings is 1. The maximum absolute atomic E-state index is 13.1. The highest BCUT2D eigenvalue weighted by Crippen LogP contribution is 2.38. The van der Waals surface area contributed by atoms with E-state index in [-0.39, 0.29) is 23.8 Å². The summed E-state index contributed by atoms with van der Waals surface area (Å²) in [5.74, 6) is -0.370. The molecule has 5 rings (SSSR count). The van der Waals surface area contributed by atoms with Crippen molar-refractivity contribution in [2.24, 2.45) is 0 Å². The summed E-state index contributed by atoms with van der Waals surface area (Å²) < 4.78 is 13.1. The predicted octanol–water partition coefficient (Wildman–Crippen LogP) is 3.96. The average Bonchev–Trinajstić information content (AvgIpc) is 3.49. The first-order valence-corrected chi connectivity index (χ1v) is 13.5. The molecule has 0 radical (unpaired) electrons. The Morgan fingerprint density at radius 3 is 2.69 bits per heavy atom. The largest absolute Gasteiger partial charge is 0.390 e. The number of hydrogen-bond acceptors (Lipinski definition) is 6. The van der Waals surface area contributed by atoms with Crippen LogP contribution in [0.5, 0.6) is 0 Å². The number of hydrogen-bond donors (Lipinski definition) is 2. The number of carbonyl (C=O) groups is 1. The van der Waals surface area contributed by atoms with Gasteiger partial charge in [0.05, 0.1) is 12.6 Å². The summed E-state index contributed by atoms with van der Waals surface area (Å²) in [6.45, 7) is 3.51. The van der Waals surface area contributed by atoms with E-state index in [1.807, 2.05) is 11.0 Å². The number of aliphatic hydroxyl groups excluding tert-OH is 1. The van der Waals surface area contributed by atoms with Crippen LogP contribution in [-0.4, -0.2) is 70.2 Å². The van der Waals surface area contributed by atoms with Crippen molar-refractivity contribution < 1.29 is 14.3 Å². The van der Waals surface area contributed by atoms with Gasteiger partial charge in [0.1, 0.15) is 5.82 Å². The molecule has 2 saturated heterocycles. The molecule has 2 N–H and O–H groups in total. The molecule has 0 bridgehead atoms. The molecule has 1 aromatic heterocycles. The van der Waals surface area contributed by atoms with Gasteiger partial charge in [-0.15, -0.1) is 11.3 Å². The van der Waals surface area contributed by atoms with Gasteiger partial charge < -0.3 is 10.4 Å². The van der Waals surface area contributed by atoms with E-state index in [0.717, 1.165) is 55.8 Å². The van der Waals surface area contributed by atoms with Crippen LogP contribution >= 0.6 is 11.3 Å². The predicted molar refractivity (Wildman–Crippen MR) is 141 cm³/mol. The quantitative estimate of drug-likeness (QED) is 0.482. The molecular weight excluding hydrogens is 475 g/mol. The van der Waals surface area contributed by atoms with E-state index in [2.05, 4.69) is 39.5 Å². The van der Waals surface area contributed by atoms with Gasteiger partial charge in [0, 0.05) is 42.7 Å². The van der Waals surface area contributed by atoms with Crippen LogP contribution in [0.3, 0.4) is 0 Å². The molecule has 1 amide bonds. The van der Waals surface area contributed by atoms with Crippen molar-refractivity contribution in [1.29, 1.82) is 0 Å². The van der Waals surface area contributed by atoms with E-state index in [1.54, 1.807) is 18.3 Å². The second kappa shape index (κ2) is 11.2. The standard InChI is InChI=1S/C28H33FN4O2S/c29-23-9-7-22(8-10-23)17-24-18-30-27(36-24)31-26(35)20-32-16-13-28(25(34)19-32)12-4-14-33(28)15-11-21-5-2-1-3-6-21/h1-3,5-10,18,25,34H,4,11-17,19-20H2,(H,30,31,35)/t25-,28-/m0/s1. The molecule has 3 heterocycles. The number of thiazole rings is 1. The van der Waals surface area contributed by atoms with Crippen LogP contribution < -0.4 is 5.32 Å². The number of β-amino-alcohol motifs (C(OH)–C–C–N with tert-alkyl or cyclic N) is 1. The Bertz CT molecular complexity index is 1160. The Morgan fingerprint density at radius 2 is 1.92 bits per heavy atom. The fraction of sp³-hybridized carbons (Fsp3) is 0.429. The minimum atomic E-state index is -0.473. The molecule has 0 aliphatic carbocycles. The summed E-state index contributed by atoms with van der Waals surface area (Å²) in [4.78, 5) is 22.6. The zero-order valence-electron chi connectivity index (χ0n) is 20.4. The Morgan fingerprint density at radius 1 is 1.11 bits per heavy atom. The maximum Gasteiger partial charge on any atom is 0.240 e. The van der Waals surface area contributed by atoms with Crippen LogP contribution in [0.25, 0.3) is 0 Å². The summed E-state index contributed by atoms with van der Waals surface area (Å²) in [7, 11) is 0. The third kappa shape index (κ3) is 5.83. The monoisotopic (exact) mass is 508 g/mol. The maximum atomic E-state index is 13.1. The number of anilines is 1. The summed E-state index contributed by atoms with van der Waals surface area (Å²) in [5, 5.41) is 14.7. The van der Waals surface area contributed by atoms with Crippen LogP contribution in [0.1, 0.15) is 35.3 Å². The molecule has 1 spiro atoms. The van der Waals surface area contributed by atoms with E-state index in [0.29, 0.717) is 18.1 Å². The smallest absolute Gasteiger partial charge is 0.240 e. The lowest BCUT2D eigenvalue weighted by molar-refractivity contribution is -0.120. The highest BCUT2D eigenvalue weighted by Gasteiger charge is 2.49. The molecule has 2 aliphatic rings. The van der Waals surface area contributed by atoms with E-state index >= 15 is 0 Å². The molecule has 8 heteroatoms. The summed E-state index contributed by atoms with van der Waals surface area (Å²) in [6, 6.07) is 16.9. The molecule has 2 aliphatic heterocycles. The number of halogens is 1. The number of rotatable bonds is 8. The summed E-state index contributed by atoms with van der Waals surface area (Å²) in [5.41, 5.74) is 2.15. The summed E-state index contributed by atoms with van der Waals surface area (Å²) in [6.07, 6.45) is 5.90. The molecule has 0 unspecified atom stereocenters. The molecular formula is C28H33FN4O2S. The zero-order chi connectivity index (χ0) is 25.0. The molecule has 6 nitrogen and oxygen atoms in total. The van der Waals surface area contributed by atoms with Gasteiger partial charge in [0.2, 0.25) is 5.91 Å². The second-order valence-corrected chi connectivity index (χ2v) is 11.0. The SMILES string of the molecule is O=C(CN1CC[C@@]2(CCCN2CCc2ccccc2)[C@@H](O)C1)Nc1ncc(Cc2ccc(F)cc2)s1. The molecule has 36 heavy (non-hydrogen) atoms. The third-order valence-corrected chi connectivity index (χ3v) is 8.46. The van der Waals surface area contributed by atoms with Gasteiger partial charge in [-0.1, -0.05) is 42.5 Å². The fourth-order valence-corrected chi connectivity index (χ4v) is 6.50. The highest BCUT2D eigenvalue weighted by molar-refractivity contribution is 7.15. The van der Waals surface area contributed by atoms with Gasteiger partial charge in [-0.05, 0) is 55.5 Å². The van der Waals surface area contributed by atoms with Crippen molar-refractivity contribution in [3.63, 3.8) is 0 Å². The van der Waals surface area contributed by atoms with Gasteiger partial charge in [-0.3, -0.25) is 14.6 Å². The first-order valence-electron chi connectivity index (χ1n) is 12.7. The van der Waals surface area contributed by atoms with Crippen molar-refractivity contribution in [2.75, 3.05) is 38.0 Å². The molecule has 190 valence electrons. The number of aromatic nitrogens is 1. The van der Waals surface area contributed by atoms with Gasteiger partial charge in [0.25, 0.3) is 0 Å². The van der Waals surface area contributed by atoms with Crippen molar-refractivity contribution in [3.05, 3.63) is 82.6 Å². The molecule has 3 aromatic rings. The summed E-state index contributed by atoms with van der Waals surface area (Å²) >= 11 is 1.43. The van der Waals surface area contributed by atoms with Crippen molar-refractivity contribution >= 4 is 22.4 Å². The normalized spacial score (nSPS) is 22.8. The third-order valence-electron chi connectivity index (χ3n) is 7.55. The Hall–Kier alpha value is -2.65. The van der Waals surface area contributed by atoms with E-state index < -0.39 is 6.10 Å². The van der Waals surface area contributed by atoms with Gasteiger partial charge in [-0.2, -0.15) is 0 Å². The van der Waals surface area contributed by atoms with Crippen molar-refractivity contribution in [2.45, 2.75) is 43.7 Å². The topological polar surface area (TPSA) is 68.7 Å². The molecule has 0 saturated carbocycles.